The van der Waals surface area contributed by atoms with Crippen LogP contribution in [0.5, 0.6) is 11.5 Å². The highest BCUT2D eigenvalue weighted by Crippen LogP contribution is 2.28. The quantitative estimate of drug-likeness (QED) is 0.346. The number of carbonyl (C=O) groups excluding carboxylic acids is 2. The predicted octanol–water partition coefficient (Wildman–Crippen LogP) is 4.87. The van der Waals surface area contributed by atoms with E-state index in [2.05, 4.69) is 6.92 Å². The summed E-state index contributed by atoms with van der Waals surface area (Å²) in [5.74, 6) is 1.22. The minimum absolute atomic E-state index is 0.0108. The Morgan fingerprint density at radius 3 is 2.47 bits per heavy atom. The molecule has 0 saturated heterocycles. The summed E-state index contributed by atoms with van der Waals surface area (Å²) in [5.41, 5.74) is 1.04. The van der Waals surface area contributed by atoms with Gasteiger partial charge in [-0.2, -0.15) is 0 Å². The molecule has 0 N–H and O–H groups in total. The van der Waals surface area contributed by atoms with Crippen molar-refractivity contribution in [3.63, 3.8) is 0 Å². The number of ether oxygens (including phenoxy) is 2. The third kappa shape index (κ3) is 6.87. The first kappa shape index (κ1) is 25.4. The number of unbranched alkanes of at least 4 members (excludes halogenated alkanes) is 1. The molecule has 3 aromatic rings. The molecule has 0 radical (unpaired) electrons. The lowest BCUT2D eigenvalue weighted by Crippen LogP contribution is -2.43. The summed E-state index contributed by atoms with van der Waals surface area (Å²) in [4.78, 5) is 30.9. The molecule has 0 saturated carbocycles. The molecule has 0 unspecified atom stereocenters. The van der Waals surface area contributed by atoms with E-state index in [4.69, 9.17) is 13.9 Å². The van der Waals surface area contributed by atoms with Gasteiger partial charge in [0.15, 0.2) is 17.3 Å². The number of carbonyl (C=O) groups is 2. The van der Waals surface area contributed by atoms with Gasteiger partial charge >= 0.3 is 0 Å². The van der Waals surface area contributed by atoms with E-state index in [1.807, 2.05) is 40.6 Å². The van der Waals surface area contributed by atoms with Crippen LogP contribution in [0, 0.1) is 0 Å². The number of methoxy groups -OCH3 is 2. The molecule has 2 amide bonds. The maximum atomic E-state index is 13.4. The first-order valence-electron chi connectivity index (χ1n) is 11.4. The van der Waals surface area contributed by atoms with Crippen LogP contribution in [-0.4, -0.2) is 55.5 Å². The number of nitrogens with zero attached hydrogens (tertiary/aromatic N) is 2. The van der Waals surface area contributed by atoms with Crippen molar-refractivity contribution >= 4 is 23.2 Å². The van der Waals surface area contributed by atoms with Crippen LogP contribution in [-0.2, 0) is 17.8 Å². The maximum Gasteiger partial charge on any atom is 0.290 e. The molecular weight excluding hydrogens is 452 g/mol. The fourth-order valence-electron chi connectivity index (χ4n) is 3.60. The minimum atomic E-state index is -0.261. The van der Waals surface area contributed by atoms with E-state index in [-0.39, 0.29) is 24.1 Å². The molecule has 182 valence electrons. The Bertz CT molecular complexity index is 1030. The van der Waals surface area contributed by atoms with Crippen LogP contribution >= 0.6 is 11.3 Å². The van der Waals surface area contributed by atoms with Crippen LogP contribution in [0.15, 0.2) is 58.5 Å². The van der Waals surface area contributed by atoms with Crippen molar-refractivity contribution in [1.82, 2.24) is 9.80 Å². The molecule has 0 aliphatic heterocycles. The molecule has 0 atom stereocenters. The second kappa shape index (κ2) is 12.8. The zero-order chi connectivity index (χ0) is 24.3. The van der Waals surface area contributed by atoms with Crippen molar-refractivity contribution in [1.29, 1.82) is 0 Å². The van der Waals surface area contributed by atoms with E-state index >= 15 is 0 Å². The molecule has 0 spiro atoms. The van der Waals surface area contributed by atoms with E-state index in [0.717, 1.165) is 23.3 Å². The highest BCUT2D eigenvalue weighted by molar-refractivity contribution is 7.09. The maximum absolute atomic E-state index is 13.4. The summed E-state index contributed by atoms with van der Waals surface area (Å²) < 4.78 is 16.0. The van der Waals surface area contributed by atoms with E-state index in [0.29, 0.717) is 37.6 Å². The lowest BCUT2D eigenvalue weighted by atomic mass is 10.1. The number of amides is 2. The van der Waals surface area contributed by atoms with Crippen LogP contribution < -0.4 is 9.47 Å². The summed E-state index contributed by atoms with van der Waals surface area (Å²) in [6.07, 6.45) is 3.86. The Morgan fingerprint density at radius 1 is 1.00 bits per heavy atom. The first-order valence-corrected chi connectivity index (χ1v) is 12.3. The number of benzene rings is 1. The van der Waals surface area contributed by atoms with Gasteiger partial charge < -0.3 is 23.7 Å². The Hall–Kier alpha value is -3.26. The van der Waals surface area contributed by atoms with Gasteiger partial charge in [0.1, 0.15) is 6.54 Å². The average molecular weight is 485 g/mol. The molecule has 0 aliphatic rings. The van der Waals surface area contributed by atoms with Gasteiger partial charge in [-0.3, -0.25) is 9.59 Å². The molecule has 1 aromatic carbocycles. The first-order chi connectivity index (χ1) is 16.5. The Balaban J connectivity index is 1.74. The second-order valence-electron chi connectivity index (χ2n) is 7.89. The fourth-order valence-corrected chi connectivity index (χ4v) is 4.32. The monoisotopic (exact) mass is 484 g/mol. The number of hydrogen-bond donors (Lipinski definition) is 0. The summed E-state index contributed by atoms with van der Waals surface area (Å²) in [6, 6.07) is 13.1. The molecule has 0 bridgehead atoms. The molecule has 7 nitrogen and oxygen atoms in total. The predicted molar refractivity (Wildman–Crippen MR) is 133 cm³/mol. The van der Waals surface area contributed by atoms with E-state index in [1.54, 1.807) is 42.6 Å². The smallest absolute Gasteiger partial charge is 0.290 e. The van der Waals surface area contributed by atoms with E-state index in [1.165, 1.54) is 6.26 Å². The van der Waals surface area contributed by atoms with Gasteiger partial charge in [0.25, 0.3) is 5.91 Å². The van der Waals surface area contributed by atoms with Gasteiger partial charge in [0.05, 0.1) is 27.0 Å². The van der Waals surface area contributed by atoms with Crippen molar-refractivity contribution < 1.29 is 23.5 Å². The molecule has 8 heteroatoms. The zero-order valence-electron chi connectivity index (χ0n) is 20.0. The second-order valence-corrected chi connectivity index (χ2v) is 8.92. The zero-order valence-corrected chi connectivity index (χ0v) is 20.8. The number of thiophene rings is 1. The Kier molecular flexibility index (Phi) is 9.58. The van der Waals surface area contributed by atoms with E-state index in [9.17, 15) is 9.59 Å². The number of furan rings is 1. The summed E-state index contributed by atoms with van der Waals surface area (Å²) in [7, 11) is 3.21. The summed E-state index contributed by atoms with van der Waals surface area (Å²) in [6.45, 7) is 3.59. The van der Waals surface area contributed by atoms with Gasteiger partial charge in [0.2, 0.25) is 5.91 Å². The lowest BCUT2D eigenvalue weighted by Gasteiger charge is -2.27. The van der Waals surface area contributed by atoms with Crippen LogP contribution in [0.25, 0.3) is 0 Å². The van der Waals surface area contributed by atoms with E-state index < -0.39 is 0 Å². The van der Waals surface area contributed by atoms with Crippen LogP contribution in [0.1, 0.15) is 40.8 Å². The Morgan fingerprint density at radius 2 is 1.82 bits per heavy atom. The molecular formula is C26H32N2O5S. The van der Waals surface area contributed by atoms with Crippen LogP contribution in [0.4, 0.5) is 0 Å². The van der Waals surface area contributed by atoms with Crippen molar-refractivity contribution in [2.75, 3.05) is 33.9 Å². The number of hydrogen-bond acceptors (Lipinski definition) is 6. The standard InChI is InChI=1S/C26H32N2O5S/c1-4-5-13-28(26(30)23-9-6-15-33-23)19-25(29)27(18-21-8-7-16-34-21)14-12-20-10-11-22(31-2)24(17-20)32-3/h6-11,15-17H,4-5,12-14,18-19H2,1-3H3. The van der Waals surface area contributed by atoms with Crippen LogP contribution in [0.2, 0.25) is 0 Å². The molecule has 0 fully saturated rings. The topological polar surface area (TPSA) is 72.2 Å². The third-order valence-electron chi connectivity index (χ3n) is 5.52. The SMILES string of the molecule is CCCCN(CC(=O)N(CCc1ccc(OC)c(OC)c1)Cc1cccs1)C(=O)c1ccco1. The highest BCUT2D eigenvalue weighted by Gasteiger charge is 2.24. The van der Waals surface area contributed by atoms with Gasteiger partial charge in [0, 0.05) is 18.0 Å². The molecule has 3 rings (SSSR count). The highest BCUT2D eigenvalue weighted by atomic mass is 32.1. The van der Waals surface area contributed by atoms with Gasteiger partial charge in [-0.25, -0.2) is 0 Å². The third-order valence-corrected chi connectivity index (χ3v) is 6.39. The largest absolute Gasteiger partial charge is 0.493 e. The van der Waals surface area contributed by atoms with Gasteiger partial charge in [-0.05, 0) is 54.1 Å². The van der Waals surface area contributed by atoms with Gasteiger partial charge in [-0.1, -0.05) is 25.5 Å². The van der Waals surface area contributed by atoms with Crippen molar-refractivity contribution in [3.05, 3.63) is 70.3 Å². The fraction of sp³-hybridized carbons (Fsp3) is 0.385. The van der Waals surface area contributed by atoms with Crippen molar-refractivity contribution in [3.8, 4) is 11.5 Å². The summed E-state index contributed by atoms with van der Waals surface area (Å²) in [5, 5.41) is 2.00. The normalized spacial score (nSPS) is 10.7. The molecule has 2 aromatic heterocycles. The van der Waals surface area contributed by atoms with Crippen molar-refractivity contribution in [2.24, 2.45) is 0 Å². The molecule has 2 heterocycles. The van der Waals surface area contributed by atoms with Crippen molar-refractivity contribution in [2.45, 2.75) is 32.7 Å². The van der Waals surface area contributed by atoms with Crippen LogP contribution in [0.3, 0.4) is 0 Å². The molecule has 0 aliphatic carbocycles. The summed E-state index contributed by atoms with van der Waals surface area (Å²) >= 11 is 1.61. The molecule has 34 heavy (non-hydrogen) atoms. The average Bonchev–Trinajstić information content (AvgIpc) is 3.58. The minimum Gasteiger partial charge on any atom is -0.493 e. The number of rotatable bonds is 13. The Labute approximate surface area is 204 Å². The van der Waals surface area contributed by atoms with Gasteiger partial charge in [-0.15, -0.1) is 11.3 Å². The lowest BCUT2D eigenvalue weighted by molar-refractivity contribution is -0.132.